The minimum Gasteiger partial charge on any atom is -0.494 e. The van der Waals surface area contributed by atoms with Crippen molar-refractivity contribution in [2.75, 3.05) is 54.6 Å². The summed E-state index contributed by atoms with van der Waals surface area (Å²) >= 11 is 6.02. The third-order valence-electron chi connectivity index (χ3n) is 7.38. The first-order valence-electron chi connectivity index (χ1n) is 13.2. The Morgan fingerprint density at radius 1 is 1.20 bits per heavy atom. The van der Waals surface area contributed by atoms with Crippen LogP contribution in [0.5, 0.6) is 5.75 Å². The van der Waals surface area contributed by atoms with E-state index in [0.29, 0.717) is 46.2 Å². The highest BCUT2D eigenvalue weighted by atomic mass is 35.5. The van der Waals surface area contributed by atoms with Gasteiger partial charge in [0.1, 0.15) is 17.4 Å². The number of aromatic nitrogens is 2. The molecule has 2 atom stereocenters. The number of hydrogen-bond donors (Lipinski definition) is 4. The van der Waals surface area contributed by atoms with Gasteiger partial charge in [0.2, 0.25) is 11.9 Å². The summed E-state index contributed by atoms with van der Waals surface area (Å²) in [4.78, 5) is 25.8. The minimum atomic E-state index is -1.34. The highest BCUT2D eigenvalue weighted by Gasteiger charge is 2.45. The van der Waals surface area contributed by atoms with E-state index < -0.39 is 11.4 Å². The summed E-state index contributed by atoms with van der Waals surface area (Å²) in [7, 11) is 3.69. The molecule has 2 aliphatic heterocycles. The van der Waals surface area contributed by atoms with Crippen LogP contribution in [0, 0.1) is 11.7 Å². The van der Waals surface area contributed by atoms with Gasteiger partial charge in [-0.2, -0.15) is 4.98 Å². The third kappa shape index (κ3) is 5.92. The molecule has 216 valence electrons. The predicted molar refractivity (Wildman–Crippen MR) is 159 cm³/mol. The second-order valence-electron chi connectivity index (χ2n) is 10.9. The van der Waals surface area contributed by atoms with Crippen LogP contribution in [0.4, 0.5) is 38.9 Å². The van der Waals surface area contributed by atoms with Crippen molar-refractivity contribution in [3.05, 3.63) is 65.6 Å². The summed E-state index contributed by atoms with van der Waals surface area (Å²) in [6.07, 6.45) is 2.77. The fraction of sp³-hybridized carbons (Fsp3) is 0.345. The highest BCUT2D eigenvalue weighted by molar-refractivity contribution is 6.31. The number of aliphatic hydroxyl groups is 1. The lowest BCUT2D eigenvalue weighted by Crippen LogP contribution is -2.56. The molecule has 5 rings (SSSR count). The number of methoxy groups -OCH3 is 1. The zero-order valence-electron chi connectivity index (χ0n) is 23.3. The van der Waals surface area contributed by atoms with Crippen LogP contribution >= 0.6 is 11.6 Å². The Hall–Kier alpha value is -3.93. The lowest BCUT2D eigenvalue weighted by atomic mass is 9.90. The fourth-order valence-electron chi connectivity index (χ4n) is 5.39. The van der Waals surface area contributed by atoms with Gasteiger partial charge in [-0.15, -0.1) is 0 Å². The van der Waals surface area contributed by atoms with Crippen molar-refractivity contribution >= 4 is 52.0 Å². The number of nitrogens with zero attached hydrogens (tertiary/aromatic N) is 4. The van der Waals surface area contributed by atoms with Gasteiger partial charge in [-0.25, -0.2) is 9.37 Å². The van der Waals surface area contributed by atoms with Gasteiger partial charge in [0.25, 0.3) is 0 Å². The second-order valence-corrected chi connectivity index (χ2v) is 11.3. The Kier molecular flexibility index (Phi) is 7.78. The van der Waals surface area contributed by atoms with E-state index in [1.165, 1.54) is 18.2 Å². The van der Waals surface area contributed by atoms with Gasteiger partial charge >= 0.3 is 0 Å². The molecular weight excluding hydrogens is 549 g/mol. The molecular formula is C29H33ClFN7O3. The number of carbonyl (C=O) groups excluding carboxylic acids is 1. The number of likely N-dealkylation sites (N-methyl/N-ethyl adjacent to an activating group) is 1. The Morgan fingerprint density at radius 2 is 1.98 bits per heavy atom. The summed E-state index contributed by atoms with van der Waals surface area (Å²) in [5, 5.41) is 19.7. The van der Waals surface area contributed by atoms with Gasteiger partial charge < -0.3 is 35.6 Å². The van der Waals surface area contributed by atoms with E-state index in [1.54, 1.807) is 39.3 Å². The van der Waals surface area contributed by atoms with E-state index in [-0.39, 0.29) is 16.9 Å². The van der Waals surface area contributed by atoms with Gasteiger partial charge in [-0.1, -0.05) is 18.2 Å². The van der Waals surface area contributed by atoms with Crippen LogP contribution in [-0.4, -0.2) is 65.7 Å². The molecule has 4 N–H and O–H groups in total. The normalized spacial score (nSPS) is 18.4. The number of carbonyl (C=O) groups is 1. The number of likely N-dealkylation sites (tertiary alicyclic amines) is 1. The first kappa shape index (κ1) is 28.6. The van der Waals surface area contributed by atoms with E-state index in [0.717, 1.165) is 25.3 Å². The molecule has 2 aliphatic rings. The lowest BCUT2D eigenvalue weighted by molar-refractivity contribution is -0.111. The molecule has 0 spiro atoms. The van der Waals surface area contributed by atoms with Crippen molar-refractivity contribution in [1.29, 1.82) is 0 Å². The van der Waals surface area contributed by atoms with E-state index in [2.05, 4.69) is 49.3 Å². The molecule has 3 heterocycles. The average Bonchev–Trinajstić information content (AvgIpc) is 3.20. The van der Waals surface area contributed by atoms with Crippen LogP contribution in [0.25, 0.3) is 0 Å². The van der Waals surface area contributed by atoms with Gasteiger partial charge in [0.15, 0.2) is 0 Å². The Morgan fingerprint density at radius 3 is 2.66 bits per heavy atom. The Balaban J connectivity index is 1.45. The molecule has 0 aliphatic carbocycles. The quantitative estimate of drug-likeness (QED) is 0.263. The van der Waals surface area contributed by atoms with Gasteiger partial charge in [-0.3, -0.25) is 4.79 Å². The maximum Gasteiger partial charge on any atom is 0.247 e. The van der Waals surface area contributed by atoms with Gasteiger partial charge in [-0.05, 0) is 51.2 Å². The van der Waals surface area contributed by atoms with Crippen LogP contribution in [0.3, 0.4) is 0 Å². The van der Waals surface area contributed by atoms with Crippen LogP contribution in [0.1, 0.15) is 19.4 Å². The van der Waals surface area contributed by atoms with Crippen molar-refractivity contribution in [1.82, 2.24) is 14.9 Å². The number of nitrogens with one attached hydrogen (secondary N) is 3. The number of amides is 1. The van der Waals surface area contributed by atoms with Gasteiger partial charge in [0, 0.05) is 55.1 Å². The molecule has 2 fully saturated rings. The number of anilines is 6. The third-order valence-corrected chi connectivity index (χ3v) is 7.67. The van der Waals surface area contributed by atoms with Crippen molar-refractivity contribution in [2.24, 2.45) is 5.92 Å². The summed E-state index contributed by atoms with van der Waals surface area (Å²) < 4.78 is 19.9. The van der Waals surface area contributed by atoms with Crippen molar-refractivity contribution < 1.29 is 19.0 Å². The number of benzene rings is 2. The zero-order valence-corrected chi connectivity index (χ0v) is 24.1. The van der Waals surface area contributed by atoms with Crippen molar-refractivity contribution in [3.8, 4) is 5.75 Å². The fourth-order valence-corrected chi connectivity index (χ4v) is 5.55. The molecule has 2 aromatic carbocycles. The maximum atomic E-state index is 14.2. The SMILES string of the molecule is C=CC(=O)Nc1cc(Nc2nccc(Nc3cc(Cl)c(F)cc3C(C)(C)O)n2)c(OC)cc1N1C[C@@H]2CN(C)C[C@@H]21. The van der Waals surface area contributed by atoms with E-state index in [1.807, 2.05) is 6.07 Å². The van der Waals surface area contributed by atoms with Crippen LogP contribution in [-0.2, 0) is 10.4 Å². The van der Waals surface area contributed by atoms with Crippen LogP contribution in [0.2, 0.25) is 5.02 Å². The largest absolute Gasteiger partial charge is 0.494 e. The molecule has 0 radical (unpaired) electrons. The monoisotopic (exact) mass is 581 g/mol. The van der Waals surface area contributed by atoms with Crippen LogP contribution < -0.4 is 25.6 Å². The number of rotatable bonds is 9. The summed E-state index contributed by atoms with van der Waals surface area (Å²) in [6.45, 7) is 9.58. The smallest absolute Gasteiger partial charge is 0.247 e. The molecule has 10 nitrogen and oxygen atoms in total. The predicted octanol–water partition coefficient (Wildman–Crippen LogP) is 4.87. The topological polar surface area (TPSA) is 115 Å². The number of ether oxygens (including phenoxy) is 1. The van der Waals surface area contributed by atoms with Gasteiger partial charge in [0.05, 0.1) is 34.8 Å². The highest BCUT2D eigenvalue weighted by Crippen LogP contribution is 2.44. The van der Waals surface area contributed by atoms with Crippen molar-refractivity contribution in [2.45, 2.75) is 25.5 Å². The second kappa shape index (κ2) is 11.2. The first-order valence-corrected chi connectivity index (χ1v) is 13.5. The molecule has 3 aromatic rings. The summed E-state index contributed by atoms with van der Waals surface area (Å²) in [5.41, 5.74) is 1.38. The maximum absolute atomic E-state index is 14.2. The first-order chi connectivity index (χ1) is 19.5. The van der Waals surface area contributed by atoms with E-state index >= 15 is 0 Å². The molecule has 1 amide bonds. The lowest BCUT2D eigenvalue weighted by Gasteiger charge is -2.46. The standard InChI is InChI=1S/C29H33ClFN7O3/c1-6-27(39)34-21-11-22(25(41-5)12-23(21)38-14-16-13-37(4)15-24(16)38)35-28-32-8-7-26(36-28)33-20-10-18(30)19(31)9-17(20)29(2,3)40/h6-12,16,24,40H,1,13-15H2,2-5H3,(H,34,39)(H2,32,33,35,36)/t16-,24-/m0/s1. The molecule has 41 heavy (non-hydrogen) atoms. The average molecular weight is 582 g/mol. The van der Waals surface area contributed by atoms with Crippen molar-refractivity contribution in [3.63, 3.8) is 0 Å². The molecule has 12 heteroatoms. The molecule has 2 saturated heterocycles. The molecule has 0 unspecified atom stereocenters. The molecule has 1 aromatic heterocycles. The van der Waals surface area contributed by atoms with E-state index in [9.17, 15) is 14.3 Å². The number of hydrogen-bond acceptors (Lipinski definition) is 9. The summed E-state index contributed by atoms with van der Waals surface area (Å²) in [5.74, 6) is 0.783. The number of halogens is 2. The Labute approximate surface area is 243 Å². The number of fused-ring (bicyclic) bond motifs is 1. The molecule has 0 bridgehead atoms. The van der Waals surface area contributed by atoms with E-state index in [4.69, 9.17) is 16.3 Å². The van der Waals surface area contributed by atoms with Crippen LogP contribution in [0.15, 0.2) is 49.2 Å². The Bertz CT molecular complexity index is 1500. The molecule has 0 saturated carbocycles. The summed E-state index contributed by atoms with van der Waals surface area (Å²) in [6, 6.07) is 8.28. The minimum absolute atomic E-state index is 0.0930. The zero-order chi connectivity index (χ0) is 29.5.